The van der Waals surface area contributed by atoms with Crippen LogP contribution in [0.25, 0.3) is 0 Å². The van der Waals surface area contributed by atoms with Gasteiger partial charge in [-0.15, -0.1) is 0 Å². The van der Waals surface area contributed by atoms with Crippen LogP contribution in [0.4, 0.5) is 15.3 Å². The number of esters is 1. The lowest BCUT2D eigenvalue weighted by Gasteiger charge is -2.25. The van der Waals surface area contributed by atoms with Crippen LogP contribution in [0.2, 0.25) is 0 Å². The quantitative estimate of drug-likeness (QED) is 0.777. The summed E-state index contributed by atoms with van der Waals surface area (Å²) >= 11 is 0. The summed E-state index contributed by atoms with van der Waals surface area (Å²) in [5.41, 5.74) is 1.49. The molecule has 2 saturated heterocycles. The molecule has 3 heterocycles. The maximum Gasteiger partial charge on any atom is 0.410 e. The Hall–Kier alpha value is -2.77. The van der Waals surface area contributed by atoms with Crippen molar-refractivity contribution < 1.29 is 23.9 Å². The molecule has 138 valence electrons. The summed E-state index contributed by atoms with van der Waals surface area (Å²) in [4.78, 5) is 39.2. The summed E-state index contributed by atoms with van der Waals surface area (Å²) in [6, 6.07) is 4.96. The van der Waals surface area contributed by atoms with Gasteiger partial charge in [0.05, 0.1) is 12.1 Å². The normalized spacial score (nSPS) is 25.0. The van der Waals surface area contributed by atoms with E-state index in [9.17, 15) is 14.4 Å². The second-order valence-corrected chi connectivity index (χ2v) is 7.13. The average Bonchev–Trinajstić information content (AvgIpc) is 3.01. The first kappa shape index (κ1) is 16.7. The van der Waals surface area contributed by atoms with Gasteiger partial charge in [0.2, 0.25) is 0 Å². The molecule has 1 spiro atoms. The molecule has 0 bridgehead atoms. The highest BCUT2D eigenvalue weighted by Gasteiger charge is 2.44. The van der Waals surface area contributed by atoms with Gasteiger partial charge < -0.3 is 24.6 Å². The molecular formula is C18H21N3O5. The van der Waals surface area contributed by atoms with Crippen molar-refractivity contribution in [2.24, 2.45) is 0 Å². The predicted molar refractivity (Wildman–Crippen MR) is 91.8 cm³/mol. The number of fused-ring (bicyclic) bond motifs is 1. The first-order valence-electron chi connectivity index (χ1n) is 8.76. The fourth-order valence-electron chi connectivity index (χ4n) is 3.84. The minimum Gasteiger partial charge on any atom is -0.457 e. The summed E-state index contributed by atoms with van der Waals surface area (Å²) in [6.07, 6.45) is 1.87. The van der Waals surface area contributed by atoms with Crippen molar-refractivity contribution in [2.75, 3.05) is 32.0 Å². The van der Waals surface area contributed by atoms with E-state index in [1.807, 2.05) is 0 Å². The van der Waals surface area contributed by atoms with E-state index in [-0.39, 0.29) is 24.7 Å². The molecule has 0 saturated carbocycles. The third-order valence-corrected chi connectivity index (χ3v) is 5.26. The maximum atomic E-state index is 12.6. The number of carbonyl (C=O) groups is 3. The second kappa shape index (κ2) is 6.19. The monoisotopic (exact) mass is 359 g/mol. The van der Waals surface area contributed by atoms with Crippen LogP contribution in [0.5, 0.6) is 0 Å². The van der Waals surface area contributed by atoms with Crippen LogP contribution in [0.1, 0.15) is 35.2 Å². The van der Waals surface area contributed by atoms with E-state index in [2.05, 4.69) is 5.32 Å². The van der Waals surface area contributed by atoms with Crippen LogP contribution in [0.3, 0.4) is 0 Å². The van der Waals surface area contributed by atoms with E-state index in [1.165, 1.54) is 0 Å². The second-order valence-electron chi connectivity index (χ2n) is 7.13. The van der Waals surface area contributed by atoms with Crippen LogP contribution in [-0.4, -0.2) is 60.2 Å². The zero-order chi connectivity index (χ0) is 18.3. The van der Waals surface area contributed by atoms with Gasteiger partial charge in [-0.2, -0.15) is 0 Å². The van der Waals surface area contributed by atoms with Gasteiger partial charge in [0.25, 0.3) is 0 Å². The highest BCUT2D eigenvalue weighted by Crippen LogP contribution is 2.32. The Kier molecular flexibility index (Phi) is 3.97. The van der Waals surface area contributed by atoms with Gasteiger partial charge in [0, 0.05) is 37.8 Å². The summed E-state index contributed by atoms with van der Waals surface area (Å²) in [5, 5.41) is 2.88. The van der Waals surface area contributed by atoms with Crippen molar-refractivity contribution in [2.45, 2.75) is 31.5 Å². The molecule has 4 rings (SSSR count). The van der Waals surface area contributed by atoms with Gasteiger partial charge in [-0.3, -0.25) is 0 Å². The minimum absolute atomic E-state index is 0.190. The Labute approximate surface area is 151 Å². The number of nitrogens with zero attached hydrogens (tertiary/aromatic N) is 2. The molecule has 1 aromatic carbocycles. The molecule has 3 amide bonds. The fourth-order valence-corrected chi connectivity index (χ4v) is 3.84. The zero-order valence-corrected chi connectivity index (χ0v) is 14.6. The first-order chi connectivity index (χ1) is 12.5. The number of amides is 3. The number of benzene rings is 1. The first-order valence-corrected chi connectivity index (χ1v) is 8.76. The number of cyclic esters (lactones) is 1. The number of hydrogen-bond donors (Lipinski definition) is 1. The maximum absolute atomic E-state index is 12.6. The molecule has 1 aromatic rings. The van der Waals surface area contributed by atoms with Crippen molar-refractivity contribution in [3.8, 4) is 0 Å². The highest BCUT2D eigenvalue weighted by molar-refractivity contribution is 5.95. The molecule has 26 heavy (non-hydrogen) atoms. The van der Waals surface area contributed by atoms with Crippen molar-refractivity contribution >= 4 is 23.8 Å². The Morgan fingerprint density at radius 2 is 2.08 bits per heavy atom. The van der Waals surface area contributed by atoms with Gasteiger partial charge in [0.1, 0.15) is 12.2 Å². The largest absolute Gasteiger partial charge is 0.457 e. The van der Waals surface area contributed by atoms with Crippen molar-refractivity contribution in [1.29, 1.82) is 0 Å². The van der Waals surface area contributed by atoms with Crippen molar-refractivity contribution in [3.63, 3.8) is 0 Å². The Bertz CT molecular complexity index is 780. The molecule has 0 aromatic heterocycles. The van der Waals surface area contributed by atoms with E-state index in [0.717, 1.165) is 18.4 Å². The van der Waals surface area contributed by atoms with Crippen molar-refractivity contribution in [1.82, 2.24) is 9.80 Å². The summed E-state index contributed by atoms with van der Waals surface area (Å²) in [6.45, 7) is 1.95. The molecule has 8 nitrogen and oxygen atoms in total. The van der Waals surface area contributed by atoms with E-state index < -0.39 is 5.60 Å². The molecule has 2 fully saturated rings. The molecule has 1 atom stereocenters. The summed E-state index contributed by atoms with van der Waals surface area (Å²) in [5.74, 6) is -0.327. The van der Waals surface area contributed by atoms with E-state index >= 15 is 0 Å². The zero-order valence-electron chi connectivity index (χ0n) is 14.6. The Morgan fingerprint density at radius 1 is 1.23 bits per heavy atom. The molecule has 8 heteroatoms. The lowest BCUT2D eigenvalue weighted by Crippen LogP contribution is -2.38. The number of likely N-dealkylation sites (tertiary alicyclic amines) is 1. The van der Waals surface area contributed by atoms with Gasteiger partial charge in [-0.25, -0.2) is 14.4 Å². The SMILES string of the molecule is CN1CC2(CCCN(C(=O)Nc3ccc4c(c3)COC4=O)CC2)OC1=O. The van der Waals surface area contributed by atoms with Gasteiger partial charge in [0.15, 0.2) is 0 Å². The number of urea groups is 1. The van der Waals surface area contributed by atoms with Crippen LogP contribution < -0.4 is 5.32 Å². The predicted octanol–water partition coefficient (Wildman–Crippen LogP) is 2.20. The topological polar surface area (TPSA) is 88.2 Å². The Morgan fingerprint density at radius 3 is 2.85 bits per heavy atom. The number of ether oxygens (including phenoxy) is 2. The van der Waals surface area contributed by atoms with E-state index in [1.54, 1.807) is 35.0 Å². The summed E-state index contributed by atoms with van der Waals surface area (Å²) in [7, 11) is 1.73. The number of rotatable bonds is 1. The van der Waals surface area contributed by atoms with Crippen LogP contribution in [0.15, 0.2) is 18.2 Å². The van der Waals surface area contributed by atoms with Crippen LogP contribution in [0, 0.1) is 0 Å². The summed E-state index contributed by atoms with van der Waals surface area (Å²) < 4.78 is 10.6. The molecule has 3 aliphatic rings. The molecule has 3 aliphatic heterocycles. The molecule has 1 N–H and O–H groups in total. The van der Waals surface area contributed by atoms with Gasteiger partial charge in [-0.05, 0) is 31.0 Å². The van der Waals surface area contributed by atoms with E-state index in [0.29, 0.717) is 37.3 Å². The Balaban J connectivity index is 1.40. The standard InChI is InChI=1S/C18H21N3O5/c1-20-11-18(26-17(20)24)5-2-7-21(8-6-18)16(23)19-13-3-4-14-12(9-13)10-25-15(14)22/h3-4,9H,2,5-8,10-11H2,1H3,(H,19,23). The number of carbonyl (C=O) groups excluding carboxylic acids is 3. The number of hydrogen-bond acceptors (Lipinski definition) is 5. The number of anilines is 1. The van der Waals surface area contributed by atoms with Gasteiger partial charge in [-0.1, -0.05) is 0 Å². The van der Waals surface area contributed by atoms with E-state index in [4.69, 9.17) is 9.47 Å². The molecule has 0 radical (unpaired) electrons. The number of likely N-dealkylation sites (N-methyl/N-ethyl adjacent to an activating group) is 1. The molecular weight excluding hydrogens is 338 g/mol. The lowest BCUT2D eigenvalue weighted by molar-refractivity contribution is 0.0453. The number of nitrogens with one attached hydrogen (secondary N) is 1. The highest BCUT2D eigenvalue weighted by atomic mass is 16.6. The van der Waals surface area contributed by atoms with Crippen molar-refractivity contribution in [3.05, 3.63) is 29.3 Å². The lowest BCUT2D eigenvalue weighted by atomic mass is 9.95. The molecule has 0 aliphatic carbocycles. The van der Waals surface area contributed by atoms with Gasteiger partial charge >= 0.3 is 18.1 Å². The van der Waals surface area contributed by atoms with Crippen LogP contribution >= 0.6 is 0 Å². The third kappa shape index (κ3) is 2.95. The molecule has 1 unspecified atom stereocenters. The minimum atomic E-state index is -0.480. The third-order valence-electron chi connectivity index (χ3n) is 5.26. The van der Waals surface area contributed by atoms with Crippen LogP contribution in [-0.2, 0) is 16.1 Å². The fraction of sp³-hybridized carbons (Fsp3) is 0.500. The smallest absolute Gasteiger partial charge is 0.410 e. The average molecular weight is 359 g/mol.